The number of ether oxygens (including phenoxy) is 1. The Hall–Kier alpha value is -1.78. The van der Waals surface area contributed by atoms with Crippen molar-refractivity contribution in [2.75, 3.05) is 12.3 Å². The van der Waals surface area contributed by atoms with Gasteiger partial charge < -0.3 is 15.0 Å². The van der Waals surface area contributed by atoms with Crippen LogP contribution in [-0.2, 0) is 16.1 Å². The van der Waals surface area contributed by atoms with E-state index < -0.39 is 5.97 Å². The third-order valence-electron chi connectivity index (χ3n) is 2.26. The summed E-state index contributed by atoms with van der Waals surface area (Å²) in [6.07, 6.45) is 2.25. The minimum absolute atomic E-state index is 0.0953. The highest BCUT2D eigenvalue weighted by atomic mass is 16.5. The Morgan fingerprint density at radius 2 is 2.18 bits per heavy atom. The van der Waals surface area contributed by atoms with Gasteiger partial charge in [-0.2, -0.15) is 0 Å². The number of nitrogen functional groups attached to an aromatic ring is 1. The van der Waals surface area contributed by atoms with E-state index in [1.807, 2.05) is 0 Å². The molecule has 5 heteroatoms. The molecule has 17 heavy (non-hydrogen) atoms. The Bertz CT molecular complexity index is 438. The van der Waals surface area contributed by atoms with Crippen molar-refractivity contribution >= 4 is 11.7 Å². The van der Waals surface area contributed by atoms with Gasteiger partial charge in [0, 0.05) is 18.0 Å². The Labute approximate surface area is 100 Å². The molecule has 0 saturated carbocycles. The first-order valence-corrected chi connectivity index (χ1v) is 5.60. The summed E-state index contributed by atoms with van der Waals surface area (Å²) in [6.45, 7) is 4.39. The predicted molar refractivity (Wildman–Crippen MR) is 65.5 cm³/mol. The van der Waals surface area contributed by atoms with Crippen LogP contribution in [0.5, 0.6) is 0 Å². The molecule has 0 atom stereocenters. The topological polar surface area (TPSA) is 74.3 Å². The lowest BCUT2D eigenvalue weighted by atomic mass is 10.1. The zero-order valence-corrected chi connectivity index (χ0v) is 10.2. The second kappa shape index (κ2) is 6.08. The highest BCUT2D eigenvalue weighted by Crippen LogP contribution is 2.00. The molecule has 0 aliphatic rings. The van der Waals surface area contributed by atoms with Crippen LogP contribution in [0.15, 0.2) is 23.1 Å². The van der Waals surface area contributed by atoms with Crippen LogP contribution >= 0.6 is 0 Å². The molecule has 1 aromatic heterocycles. The molecule has 1 rings (SSSR count). The van der Waals surface area contributed by atoms with E-state index in [2.05, 4.69) is 13.8 Å². The van der Waals surface area contributed by atoms with Gasteiger partial charge in [-0.1, -0.05) is 13.8 Å². The smallest absolute Gasteiger partial charge is 0.326 e. The van der Waals surface area contributed by atoms with Gasteiger partial charge in [0.2, 0.25) is 0 Å². The third-order valence-corrected chi connectivity index (χ3v) is 2.26. The van der Waals surface area contributed by atoms with Gasteiger partial charge in [0.25, 0.3) is 5.56 Å². The normalized spacial score (nSPS) is 10.5. The Morgan fingerprint density at radius 3 is 2.82 bits per heavy atom. The average Bonchev–Trinajstić information content (AvgIpc) is 2.23. The molecule has 0 amide bonds. The molecule has 0 spiro atoms. The van der Waals surface area contributed by atoms with Crippen molar-refractivity contribution < 1.29 is 9.53 Å². The monoisotopic (exact) mass is 238 g/mol. The molecular weight excluding hydrogens is 220 g/mol. The number of carbonyl (C=O) groups is 1. The van der Waals surface area contributed by atoms with E-state index in [9.17, 15) is 9.59 Å². The largest absolute Gasteiger partial charge is 0.464 e. The maximum Gasteiger partial charge on any atom is 0.326 e. The summed E-state index contributed by atoms with van der Waals surface area (Å²) in [5.41, 5.74) is 5.71. The van der Waals surface area contributed by atoms with Crippen molar-refractivity contribution in [3.8, 4) is 0 Å². The highest BCUT2D eigenvalue weighted by molar-refractivity contribution is 5.69. The first kappa shape index (κ1) is 13.3. The van der Waals surface area contributed by atoms with Crippen molar-refractivity contribution in [2.45, 2.75) is 26.8 Å². The molecule has 94 valence electrons. The molecule has 0 aliphatic heterocycles. The number of hydrogen-bond donors (Lipinski definition) is 1. The number of pyridine rings is 1. The summed E-state index contributed by atoms with van der Waals surface area (Å²) in [7, 11) is 0. The van der Waals surface area contributed by atoms with Crippen molar-refractivity contribution in [2.24, 2.45) is 5.92 Å². The van der Waals surface area contributed by atoms with Crippen LogP contribution in [0.2, 0.25) is 0 Å². The summed E-state index contributed by atoms with van der Waals surface area (Å²) in [4.78, 5) is 22.8. The number of rotatable bonds is 5. The molecule has 0 saturated heterocycles. The van der Waals surface area contributed by atoms with Crippen molar-refractivity contribution in [1.29, 1.82) is 0 Å². The van der Waals surface area contributed by atoms with E-state index in [1.165, 1.54) is 22.9 Å². The van der Waals surface area contributed by atoms with Gasteiger partial charge in [0.05, 0.1) is 6.61 Å². The van der Waals surface area contributed by atoms with Crippen LogP contribution in [0.4, 0.5) is 5.69 Å². The van der Waals surface area contributed by atoms with Gasteiger partial charge >= 0.3 is 5.97 Å². The molecule has 0 unspecified atom stereocenters. The molecule has 2 N–H and O–H groups in total. The number of hydrogen-bond acceptors (Lipinski definition) is 4. The van der Waals surface area contributed by atoms with Crippen LogP contribution in [0.3, 0.4) is 0 Å². The number of anilines is 1. The van der Waals surface area contributed by atoms with Gasteiger partial charge in [-0.15, -0.1) is 0 Å². The summed E-state index contributed by atoms with van der Waals surface area (Å²) >= 11 is 0. The van der Waals surface area contributed by atoms with Gasteiger partial charge in [0.15, 0.2) is 0 Å². The third kappa shape index (κ3) is 4.72. The van der Waals surface area contributed by atoms with Crippen molar-refractivity contribution in [1.82, 2.24) is 4.57 Å². The van der Waals surface area contributed by atoms with E-state index >= 15 is 0 Å². The number of nitrogens with zero attached hydrogens (tertiary/aromatic N) is 1. The van der Waals surface area contributed by atoms with Gasteiger partial charge in [-0.05, 0) is 18.4 Å². The molecule has 1 heterocycles. The molecule has 5 nitrogen and oxygen atoms in total. The first-order valence-electron chi connectivity index (χ1n) is 5.60. The van der Waals surface area contributed by atoms with Gasteiger partial charge in [0.1, 0.15) is 6.54 Å². The summed E-state index contributed by atoms with van der Waals surface area (Å²) < 4.78 is 6.26. The Balaban J connectivity index is 2.50. The molecular formula is C12H18N2O3. The van der Waals surface area contributed by atoms with Crippen LogP contribution in [0, 0.1) is 5.92 Å². The summed E-state index contributed by atoms with van der Waals surface area (Å²) in [5, 5.41) is 0. The van der Waals surface area contributed by atoms with E-state index in [0.717, 1.165) is 6.42 Å². The molecule has 0 bridgehead atoms. The van der Waals surface area contributed by atoms with Crippen LogP contribution < -0.4 is 11.3 Å². The quantitative estimate of drug-likeness (QED) is 0.777. The zero-order valence-electron chi connectivity index (χ0n) is 10.2. The summed E-state index contributed by atoms with van der Waals surface area (Å²) in [6, 6.07) is 2.83. The number of aromatic nitrogens is 1. The fourth-order valence-corrected chi connectivity index (χ4v) is 1.27. The van der Waals surface area contributed by atoms with Crippen LogP contribution in [0.25, 0.3) is 0 Å². The zero-order chi connectivity index (χ0) is 12.8. The van der Waals surface area contributed by atoms with Crippen LogP contribution in [0.1, 0.15) is 20.3 Å². The van der Waals surface area contributed by atoms with Gasteiger partial charge in [-0.3, -0.25) is 9.59 Å². The number of nitrogens with two attached hydrogens (primary N) is 1. The Morgan fingerprint density at radius 1 is 1.47 bits per heavy atom. The molecule has 0 radical (unpaired) electrons. The minimum atomic E-state index is -0.418. The lowest BCUT2D eigenvalue weighted by Gasteiger charge is -2.08. The second-order valence-electron chi connectivity index (χ2n) is 4.33. The van der Waals surface area contributed by atoms with E-state index in [1.54, 1.807) is 0 Å². The number of esters is 1. The molecule has 1 aromatic rings. The lowest BCUT2D eigenvalue weighted by molar-refractivity contribution is -0.144. The van der Waals surface area contributed by atoms with Crippen LogP contribution in [-0.4, -0.2) is 17.1 Å². The lowest BCUT2D eigenvalue weighted by Crippen LogP contribution is -2.24. The minimum Gasteiger partial charge on any atom is -0.464 e. The first-order chi connectivity index (χ1) is 7.99. The predicted octanol–water partition coefficient (Wildman–Crippen LogP) is 1.02. The molecule has 0 fully saturated rings. The van der Waals surface area contributed by atoms with E-state index in [0.29, 0.717) is 18.2 Å². The maximum absolute atomic E-state index is 11.4. The van der Waals surface area contributed by atoms with Crippen molar-refractivity contribution in [3.63, 3.8) is 0 Å². The van der Waals surface area contributed by atoms with E-state index in [-0.39, 0.29) is 12.1 Å². The van der Waals surface area contributed by atoms with Crippen molar-refractivity contribution in [3.05, 3.63) is 28.7 Å². The maximum atomic E-state index is 11.4. The average molecular weight is 238 g/mol. The molecule has 0 aromatic carbocycles. The van der Waals surface area contributed by atoms with Gasteiger partial charge in [-0.25, -0.2) is 0 Å². The number of carbonyl (C=O) groups excluding carboxylic acids is 1. The second-order valence-corrected chi connectivity index (χ2v) is 4.33. The van der Waals surface area contributed by atoms with E-state index in [4.69, 9.17) is 10.5 Å². The fraction of sp³-hybridized carbons (Fsp3) is 0.500. The SMILES string of the molecule is CC(C)CCOC(=O)Cn1cc(N)ccc1=O. The Kier molecular flexibility index (Phi) is 4.75. The molecule has 0 aliphatic carbocycles. The summed E-state index contributed by atoms with van der Waals surface area (Å²) in [5.74, 6) is 0.0660. The fourth-order valence-electron chi connectivity index (χ4n) is 1.27. The highest BCUT2D eigenvalue weighted by Gasteiger charge is 2.06. The standard InChI is InChI=1S/C12H18N2O3/c1-9(2)5-6-17-12(16)8-14-7-10(13)3-4-11(14)15/h3-4,7,9H,5-6,8,13H2,1-2H3.